The standard InChI is InChI=1S/C23H27NO4/c1-16-13-17(9-10-19(16)22(2,3)26)21(25)24-12-11-23(18-7-5-4-6-8-18)20(14-24)27-15-28-23/h4-10,13,20,26H,11-12,14-15H2,1-3H3/t20-,23-/m0/s1. The molecule has 148 valence electrons. The molecule has 0 saturated carbocycles. The molecule has 0 aliphatic carbocycles. The zero-order chi connectivity index (χ0) is 19.9. The summed E-state index contributed by atoms with van der Waals surface area (Å²) >= 11 is 0. The van der Waals surface area contributed by atoms with E-state index in [4.69, 9.17) is 9.47 Å². The van der Waals surface area contributed by atoms with Crippen molar-refractivity contribution in [1.82, 2.24) is 4.90 Å². The van der Waals surface area contributed by atoms with Gasteiger partial charge in [0.25, 0.3) is 5.91 Å². The maximum atomic E-state index is 13.1. The van der Waals surface area contributed by atoms with Crippen molar-refractivity contribution in [2.45, 2.75) is 44.5 Å². The highest BCUT2D eigenvalue weighted by molar-refractivity contribution is 5.94. The van der Waals surface area contributed by atoms with Crippen molar-refractivity contribution in [3.8, 4) is 0 Å². The van der Waals surface area contributed by atoms with Gasteiger partial charge >= 0.3 is 0 Å². The molecule has 2 aromatic carbocycles. The van der Waals surface area contributed by atoms with Gasteiger partial charge in [-0.3, -0.25) is 4.79 Å². The van der Waals surface area contributed by atoms with E-state index in [-0.39, 0.29) is 18.8 Å². The molecule has 2 aliphatic heterocycles. The maximum Gasteiger partial charge on any atom is 0.253 e. The molecular weight excluding hydrogens is 354 g/mol. The Labute approximate surface area is 165 Å². The summed E-state index contributed by atoms with van der Waals surface area (Å²) in [6.45, 7) is 6.79. The maximum absolute atomic E-state index is 13.1. The van der Waals surface area contributed by atoms with Crippen LogP contribution in [0.15, 0.2) is 48.5 Å². The van der Waals surface area contributed by atoms with Crippen molar-refractivity contribution in [2.24, 2.45) is 0 Å². The molecule has 2 saturated heterocycles. The molecule has 2 aliphatic rings. The second-order valence-corrected chi connectivity index (χ2v) is 8.26. The number of aliphatic hydroxyl groups is 1. The lowest BCUT2D eigenvalue weighted by Gasteiger charge is -2.42. The molecule has 0 bridgehead atoms. The molecule has 0 aromatic heterocycles. The second-order valence-electron chi connectivity index (χ2n) is 8.26. The molecule has 1 N–H and O–H groups in total. The zero-order valence-corrected chi connectivity index (χ0v) is 16.6. The zero-order valence-electron chi connectivity index (χ0n) is 16.6. The van der Waals surface area contributed by atoms with Crippen LogP contribution in [0.3, 0.4) is 0 Å². The van der Waals surface area contributed by atoms with Crippen LogP contribution in [0.4, 0.5) is 0 Å². The Balaban J connectivity index is 1.55. The second kappa shape index (κ2) is 6.99. The Bertz CT molecular complexity index is 874. The third-order valence-electron chi connectivity index (χ3n) is 5.93. The van der Waals surface area contributed by atoms with Gasteiger partial charge in [-0.1, -0.05) is 36.4 Å². The largest absolute Gasteiger partial charge is 0.386 e. The number of benzene rings is 2. The van der Waals surface area contributed by atoms with Gasteiger partial charge in [-0.25, -0.2) is 0 Å². The molecule has 2 atom stereocenters. The van der Waals surface area contributed by atoms with Crippen molar-refractivity contribution in [1.29, 1.82) is 0 Å². The molecule has 1 amide bonds. The number of fused-ring (bicyclic) bond motifs is 1. The van der Waals surface area contributed by atoms with Crippen LogP contribution in [-0.4, -0.2) is 41.9 Å². The van der Waals surface area contributed by atoms with Crippen LogP contribution in [0.1, 0.15) is 47.3 Å². The number of likely N-dealkylation sites (tertiary alicyclic amines) is 1. The van der Waals surface area contributed by atoms with Gasteiger partial charge < -0.3 is 19.5 Å². The van der Waals surface area contributed by atoms with E-state index in [1.54, 1.807) is 19.9 Å². The number of amides is 1. The fourth-order valence-corrected chi connectivity index (χ4v) is 4.46. The Hall–Kier alpha value is -2.21. The van der Waals surface area contributed by atoms with E-state index < -0.39 is 11.2 Å². The molecule has 2 aromatic rings. The minimum Gasteiger partial charge on any atom is -0.386 e. The Morgan fingerprint density at radius 1 is 1.21 bits per heavy atom. The fourth-order valence-electron chi connectivity index (χ4n) is 4.46. The number of hydrogen-bond acceptors (Lipinski definition) is 4. The number of aryl methyl sites for hydroxylation is 1. The molecule has 0 spiro atoms. The first-order chi connectivity index (χ1) is 13.3. The Morgan fingerprint density at radius 2 is 1.96 bits per heavy atom. The number of nitrogens with zero attached hydrogens (tertiary/aromatic N) is 1. The molecule has 5 heteroatoms. The normalized spacial score (nSPS) is 24.9. The van der Waals surface area contributed by atoms with Crippen molar-refractivity contribution < 1.29 is 19.4 Å². The summed E-state index contributed by atoms with van der Waals surface area (Å²) in [5.41, 5.74) is 2.08. The predicted molar refractivity (Wildman–Crippen MR) is 106 cm³/mol. The van der Waals surface area contributed by atoms with Gasteiger partial charge in [0.1, 0.15) is 18.5 Å². The Kier molecular flexibility index (Phi) is 4.78. The van der Waals surface area contributed by atoms with Crippen molar-refractivity contribution in [2.75, 3.05) is 19.9 Å². The van der Waals surface area contributed by atoms with Crippen LogP contribution in [0, 0.1) is 6.92 Å². The van der Waals surface area contributed by atoms with Crippen LogP contribution in [0.25, 0.3) is 0 Å². The monoisotopic (exact) mass is 381 g/mol. The van der Waals surface area contributed by atoms with Gasteiger partial charge in [0, 0.05) is 18.5 Å². The lowest BCUT2D eigenvalue weighted by Crippen LogP contribution is -2.53. The van der Waals surface area contributed by atoms with Crippen molar-refractivity contribution in [3.63, 3.8) is 0 Å². The average molecular weight is 381 g/mol. The number of rotatable bonds is 3. The number of hydrogen-bond donors (Lipinski definition) is 1. The van der Waals surface area contributed by atoms with Gasteiger partial charge in [0.15, 0.2) is 0 Å². The quantitative estimate of drug-likeness (QED) is 0.886. The van der Waals surface area contributed by atoms with Crippen LogP contribution in [-0.2, 0) is 20.7 Å². The third kappa shape index (κ3) is 3.24. The first-order valence-electron chi connectivity index (χ1n) is 9.75. The van der Waals surface area contributed by atoms with Gasteiger partial charge in [-0.15, -0.1) is 0 Å². The highest BCUT2D eigenvalue weighted by Crippen LogP contribution is 2.42. The molecule has 28 heavy (non-hydrogen) atoms. The third-order valence-corrected chi connectivity index (χ3v) is 5.93. The summed E-state index contributed by atoms with van der Waals surface area (Å²) < 4.78 is 11.9. The summed E-state index contributed by atoms with van der Waals surface area (Å²) in [7, 11) is 0. The molecule has 5 nitrogen and oxygen atoms in total. The Morgan fingerprint density at radius 3 is 2.64 bits per heavy atom. The van der Waals surface area contributed by atoms with Crippen molar-refractivity contribution in [3.05, 3.63) is 70.8 Å². The fraction of sp³-hybridized carbons (Fsp3) is 0.435. The van der Waals surface area contributed by atoms with Gasteiger partial charge in [0.05, 0.1) is 12.1 Å². The summed E-state index contributed by atoms with van der Waals surface area (Å²) in [5, 5.41) is 10.3. The SMILES string of the molecule is Cc1cc(C(=O)N2CC[C@@]3(c4ccccc4)OCO[C@H]3C2)ccc1C(C)(C)O. The minimum atomic E-state index is -0.929. The molecular formula is C23H27NO4. The van der Waals surface area contributed by atoms with E-state index in [1.807, 2.05) is 42.2 Å². The topological polar surface area (TPSA) is 59.0 Å². The van der Waals surface area contributed by atoms with Crippen LogP contribution < -0.4 is 0 Å². The first kappa shape index (κ1) is 19.1. The smallest absolute Gasteiger partial charge is 0.253 e. The summed E-state index contributed by atoms with van der Waals surface area (Å²) in [6, 6.07) is 15.6. The van der Waals surface area contributed by atoms with Gasteiger partial charge in [0.2, 0.25) is 0 Å². The van der Waals surface area contributed by atoms with E-state index in [1.165, 1.54) is 0 Å². The van der Waals surface area contributed by atoms with E-state index in [9.17, 15) is 9.90 Å². The number of carbonyl (C=O) groups excluding carboxylic acids is 1. The summed E-state index contributed by atoms with van der Waals surface area (Å²) in [5.74, 6) is -0.0115. The molecule has 2 fully saturated rings. The molecule has 0 radical (unpaired) electrons. The van der Waals surface area contributed by atoms with Crippen LogP contribution in [0.2, 0.25) is 0 Å². The van der Waals surface area contributed by atoms with Crippen LogP contribution >= 0.6 is 0 Å². The van der Waals surface area contributed by atoms with Crippen LogP contribution in [0.5, 0.6) is 0 Å². The molecule has 2 heterocycles. The molecule has 0 unspecified atom stereocenters. The summed E-state index contributed by atoms with van der Waals surface area (Å²) in [4.78, 5) is 15.0. The number of ether oxygens (including phenoxy) is 2. The lowest BCUT2D eigenvalue weighted by molar-refractivity contribution is -0.0439. The highest BCUT2D eigenvalue weighted by Gasteiger charge is 2.51. The summed E-state index contributed by atoms with van der Waals surface area (Å²) in [6.07, 6.45) is 0.526. The van der Waals surface area contributed by atoms with E-state index in [0.29, 0.717) is 25.1 Å². The van der Waals surface area contributed by atoms with E-state index >= 15 is 0 Å². The predicted octanol–water partition coefficient (Wildman–Crippen LogP) is 3.34. The molecule has 4 rings (SSSR count). The first-order valence-corrected chi connectivity index (χ1v) is 9.75. The highest BCUT2D eigenvalue weighted by atomic mass is 16.7. The van der Waals surface area contributed by atoms with E-state index in [2.05, 4.69) is 12.1 Å². The van der Waals surface area contributed by atoms with Crippen molar-refractivity contribution >= 4 is 5.91 Å². The number of carbonyl (C=O) groups is 1. The van der Waals surface area contributed by atoms with Gasteiger partial charge in [-0.05, 0) is 49.6 Å². The number of piperidine rings is 1. The van der Waals surface area contributed by atoms with E-state index in [0.717, 1.165) is 16.7 Å². The minimum absolute atomic E-state index is 0.0115. The lowest BCUT2D eigenvalue weighted by atomic mass is 9.82. The van der Waals surface area contributed by atoms with Gasteiger partial charge in [-0.2, -0.15) is 0 Å². The average Bonchev–Trinajstić information content (AvgIpc) is 3.11.